The molecule has 170 valence electrons. The zero-order chi connectivity index (χ0) is 23.5. The quantitative estimate of drug-likeness (QED) is 0.377. The number of benzene rings is 1. The summed E-state index contributed by atoms with van der Waals surface area (Å²) in [6, 6.07) is 5.83. The lowest BCUT2D eigenvalue weighted by molar-refractivity contribution is -0.142. The van der Waals surface area contributed by atoms with Crippen molar-refractivity contribution in [3.05, 3.63) is 57.3 Å². The van der Waals surface area contributed by atoms with E-state index in [1.54, 1.807) is 18.2 Å². The number of nitrogens with one attached hydrogen (secondary N) is 1. The van der Waals surface area contributed by atoms with Crippen molar-refractivity contribution in [1.29, 1.82) is 0 Å². The lowest BCUT2D eigenvalue weighted by atomic mass is 10.2. The standard InChI is InChI=1S/C21H14ClF3N4O3S/c1-32-20(31)17-16(22)11-5-4-10(6-14(11)33-17)27-19(30)12-8-26-29-15(21(23,24)25)7-13(9-2-3-9)28-18(12)29/h4-9H,2-3H2,1H3,(H,27,30). The van der Waals surface area contributed by atoms with Gasteiger partial charge in [-0.15, -0.1) is 11.3 Å². The first kappa shape index (κ1) is 21.7. The summed E-state index contributed by atoms with van der Waals surface area (Å²) < 4.78 is 46.7. The third kappa shape index (κ3) is 3.80. The summed E-state index contributed by atoms with van der Waals surface area (Å²) in [7, 11) is 1.25. The van der Waals surface area contributed by atoms with Crippen molar-refractivity contribution >= 4 is 56.2 Å². The van der Waals surface area contributed by atoms with Gasteiger partial charge in [-0.05, 0) is 37.1 Å². The van der Waals surface area contributed by atoms with Gasteiger partial charge in [-0.1, -0.05) is 11.6 Å². The normalized spacial score (nSPS) is 14.1. The molecule has 33 heavy (non-hydrogen) atoms. The van der Waals surface area contributed by atoms with Crippen LogP contribution in [0.25, 0.3) is 15.7 Å². The lowest BCUT2D eigenvalue weighted by Gasteiger charge is -2.11. The first-order valence-corrected chi connectivity index (χ1v) is 10.9. The van der Waals surface area contributed by atoms with E-state index in [1.165, 1.54) is 7.11 Å². The first-order valence-electron chi connectivity index (χ1n) is 9.75. The summed E-state index contributed by atoms with van der Waals surface area (Å²) >= 11 is 7.35. The van der Waals surface area contributed by atoms with Crippen LogP contribution in [0.15, 0.2) is 30.5 Å². The van der Waals surface area contributed by atoms with Gasteiger partial charge < -0.3 is 10.1 Å². The van der Waals surface area contributed by atoms with E-state index >= 15 is 0 Å². The van der Waals surface area contributed by atoms with Crippen molar-refractivity contribution < 1.29 is 27.5 Å². The Bertz CT molecular complexity index is 1440. The van der Waals surface area contributed by atoms with Gasteiger partial charge in [-0.3, -0.25) is 4.79 Å². The third-order valence-corrected chi connectivity index (χ3v) is 6.92. The molecule has 1 aromatic carbocycles. The monoisotopic (exact) mass is 494 g/mol. The predicted molar refractivity (Wildman–Crippen MR) is 116 cm³/mol. The van der Waals surface area contributed by atoms with Gasteiger partial charge in [0.15, 0.2) is 5.65 Å². The molecule has 1 amide bonds. The number of alkyl halides is 3. The van der Waals surface area contributed by atoms with Crippen LogP contribution < -0.4 is 5.32 Å². The molecule has 1 saturated carbocycles. The molecule has 0 unspecified atom stereocenters. The number of rotatable bonds is 4. The molecule has 1 fully saturated rings. The number of amides is 1. The summed E-state index contributed by atoms with van der Waals surface area (Å²) in [6.45, 7) is 0. The number of hydrogen-bond acceptors (Lipinski definition) is 6. The molecule has 7 nitrogen and oxygen atoms in total. The lowest BCUT2D eigenvalue weighted by Crippen LogP contribution is -2.16. The van der Waals surface area contributed by atoms with Gasteiger partial charge in [0.05, 0.1) is 18.3 Å². The Balaban J connectivity index is 1.51. The van der Waals surface area contributed by atoms with Crippen LogP contribution in [0.5, 0.6) is 0 Å². The number of ether oxygens (including phenoxy) is 1. The van der Waals surface area contributed by atoms with Crippen LogP contribution in [0.3, 0.4) is 0 Å². The minimum Gasteiger partial charge on any atom is -0.465 e. The van der Waals surface area contributed by atoms with E-state index in [0.717, 1.165) is 36.4 Å². The average Bonchev–Trinajstić information content (AvgIpc) is 3.46. The van der Waals surface area contributed by atoms with Crippen LogP contribution in [0.2, 0.25) is 5.02 Å². The molecule has 3 heterocycles. The maximum Gasteiger partial charge on any atom is 0.433 e. The minimum atomic E-state index is -4.65. The number of hydrogen-bond donors (Lipinski definition) is 1. The largest absolute Gasteiger partial charge is 0.465 e. The van der Waals surface area contributed by atoms with E-state index in [1.807, 2.05) is 0 Å². The molecule has 1 aliphatic rings. The fraction of sp³-hybridized carbons (Fsp3) is 0.238. The van der Waals surface area contributed by atoms with Crippen LogP contribution in [0.4, 0.5) is 18.9 Å². The number of nitrogens with zero attached hydrogens (tertiary/aromatic N) is 3. The van der Waals surface area contributed by atoms with Crippen molar-refractivity contribution in [2.45, 2.75) is 24.9 Å². The van der Waals surface area contributed by atoms with E-state index in [-0.39, 0.29) is 27.0 Å². The molecular weight excluding hydrogens is 481 g/mol. The molecule has 0 saturated heterocycles. The molecule has 0 bridgehead atoms. The molecular formula is C21H14ClF3N4O3S. The van der Waals surface area contributed by atoms with E-state index in [9.17, 15) is 22.8 Å². The van der Waals surface area contributed by atoms with E-state index < -0.39 is 23.7 Å². The highest BCUT2D eigenvalue weighted by Gasteiger charge is 2.38. The number of halogens is 4. The van der Waals surface area contributed by atoms with Crippen LogP contribution >= 0.6 is 22.9 Å². The smallest absolute Gasteiger partial charge is 0.433 e. The Morgan fingerprint density at radius 3 is 2.70 bits per heavy atom. The SMILES string of the molecule is COC(=O)c1sc2cc(NC(=O)c3cnn4c(C(F)(F)F)cc(C5CC5)nc34)ccc2c1Cl. The second kappa shape index (κ2) is 7.70. The zero-order valence-electron chi connectivity index (χ0n) is 16.9. The van der Waals surface area contributed by atoms with Gasteiger partial charge in [-0.25, -0.2) is 14.3 Å². The summed E-state index contributed by atoms with van der Waals surface area (Å²) in [4.78, 5) is 29.3. The van der Waals surface area contributed by atoms with E-state index in [0.29, 0.717) is 26.0 Å². The van der Waals surface area contributed by atoms with Crippen molar-refractivity contribution in [3.63, 3.8) is 0 Å². The number of aromatic nitrogens is 3. The molecule has 4 aromatic rings. The highest BCUT2D eigenvalue weighted by Crippen LogP contribution is 2.41. The molecule has 3 aromatic heterocycles. The maximum atomic E-state index is 13.6. The molecule has 0 spiro atoms. The second-order valence-electron chi connectivity index (χ2n) is 7.53. The van der Waals surface area contributed by atoms with Crippen LogP contribution in [0.1, 0.15) is 50.2 Å². The molecule has 0 atom stereocenters. The number of carbonyl (C=O) groups is 2. The maximum absolute atomic E-state index is 13.6. The molecule has 5 rings (SSSR count). The fourth-order valence-corrected chi connectivity index (χ4v) is 4.96. The predicted octanol–water partition coefficient (Wildman–Crippen LogP) is 5.53. The van der Waals surface area contributed by atoms with Crippen LogP contribution in [0, 0.1) is 0 Å². The summed E-state index contributed by atoms with van der Waals surface area (Å²) in [6.07, 6.45) is -2.06. The first-order chi connectivity index (χ1) is 15.7. The summed E-state index contributed by atoms with van der Waals surface area (Å²) in [5.41, 5.74) is -0.539. The van der Waals surface area contributed by atoms with Crippen molar-refractivity contribution in [2.24, 2.45) is 0 Å². The molecule has 0 aliphatic heterocycles. The zero-order valence-corrected chi connectivity index (χ0v) is 18.4. The second-order valence-corrected chi connectivity index (χ2v) is 8.96. The van der Waals surface area contributed by atoms with Gasteiger partial charge in [-0.2, -0.15) is 18.3 Å². The number of thiophene rings is 1. The Morgan fingerprint density at radius 2 is 2.03 bits per heavy atom. The molecule has 12 heteroatoms. The topological polar surface area (TPSA) is 85.6 Å². The number of esters is 1. The number of anilines is 1. The molecule has 1 N–H and O–H groups in total. The van der Waals surface area contributed by atoms with Gasteiger partial charge in [0.2, 0.25) is 0 Å². The van der Waals surface area contributed by atoms with Crippen molar-refractivity contribution in [3.8, 4) is 0 Å². The van der Waals surface area contributed by atoms with Gasteiger partial charge in [0, 0.05) is 27.4 Å². The Hall–Kier alpha value is -3.18. The fourth-order valence-electron chi connectivity index (χ4n) is 3.50. The Labute approximate surface area is 193 Å². The average molecular weight is 495 g/mol. The highest BCUT2D eigenvalue weighted by atomic mass is 35.5. The summed E-state index contributed by atoms with van der Waals surface area (Å²) in [5.74, 6) is -1.28. The van der Waals surface area contributed by atoms with Gasteiger partial charge >= 0.3 is 12.1 Å². The Morgan fingerprint density at radius 1 is 1.27 bits per heavy atom. The van der Waals surface area contributed by atoms with Crippen molar-refractivity contribution in [2.75, 3.05) is 12.4 Å². The molecule has 0 radical (unpaired) electrons. The van der Waals surface area contributed by atoms with Crippen molar-refractivity contribution in [1.82, 2.24) is 14.6 Å². The Kier molecular flexibility index (Phi) is 5.05. The van der Waals surface area contributed by atoms with Crippen LogP contribution in [-0.2, 0) is 10.9 Å². The number of methoxy groups -OCH3 is 1. The molecule has 1 aliphatic carbocycles. The third-order valence-electron chi connectivity index (χ3n) is 5.28. The van der Waals surface area contributed by atoms with Crippen LogP contribution in [-0.4, -0.2) is 33.6 Å². The van der Waals surface area contributed by atoms with Gasteiger partial charge in [0.1, 0.15) is 16.1 Å². The number of carbonyl (C=O) groups excluding carboxylic acids is 2. The number of fused-ring (bicyclic) bond motifs is 2. The highest BCUT2D eigenvalue weighted by molar-refractivity contribution is 7.21. The van der Waals surface area contributed by atoms with Gasteiger partial charge in [0.25, 0.3) is 5.91 Å². The van der Waals surface area contributed by atoms with E-state index in [4.69, 9.17) is 16.3 Å². The van der Waals surface area contributed by atoms with E-state index in [2.05, 4.69) is 15.4 Å². The summed E-state index contributed by atoms with van der Waals surface area (Å²) in [5, 5.41) is 7.29. The minimum absolute atomic E-state index is 0.0445.